The van der Waals surface area contributed by atoms with E-state index in [-0.39, 0.29) is 6.03 Å². The number of thioether (sulfide) groups is 1. The van der Waals surface area contributed by atoms with Crippen molar-refractivity contribution in [3.8, 4) is 0 Å². The summed E-state index contributed by atoms with van der Waals surface area (Å²) in [4.78, 5) is 17.3. The minimum atomic E-state index is 0.161. The fourth-order valence-corrected chi connectivity index (χ4v) is 2.81. The zero-order chi connectivity index (χ0) is 13.7. The van der Waals surface area contributed by atoms with E-state index < -0.39 is 0 Å². The van der Waals surface area contributed by atoms with E-state index in [1.165, 1.54) is 16.9 Å². The van der Waals surface area contributed by atoms with Crippen molar-refractivity contribution in [1.29, 1.82) is 0 Å². The summed E-state index contributed by atoms with van der Waals surface area (Å²) in [5.74, 6) is 0. The number of benzene rings is 1. The summed E-state index contributed by atoms with van der Waals surface area (Å²) in [6, 6.07) is 8.59. The third kappa shape index (κ3) is 3.90. The van der Waals surface area contributed by atoms with Crippen LogP contribution in [0.5, 0.6) is 0 Å². The predicted octanol–water partition coefficient (Wildman–Crippen LogP) is 3.45. The normalized spacial score (nSPS) is 15.4. The van der Waals surface area contributed by atoms with Gasteiger partial charge in [0.05, 0.1) is 0 Å². The lowest BCUT2D eigenvalue weighted by Crippen LogP contribution is -2.43. The van der Waals surface area contributed by atoms with Crippen LogP contribution in [0.4, 0.5) is 4.79 Å². The SMILES string of the molecule is CSc1ccc(CN(C)C(=O)N2CCCCC2)cc1. The molecule has 1 aliphatic heterocycles. The number of hydrogen-bond acceptors (Lipinski definition) is 2. The van der Waals surface area contributed by atoms with E-state index >= 15 is 0 Å². The molecule has 0 radical (unpaired) electrons. The first-order chi connectivity index (χ1) is 9.20. The van der Waals surface area contributed by atoms with Gasteiger partial charge in [0.2, 0.25) is 0 Å². The van der Waals surface area contributed by atoms with Gasteiger partial charge in [0.25, 0.3) is 0 Å². The Morgan fingerprint density at radius 1 is 1.21 bits per heavy atom. The average Bonchev–Trinajstić information content (AvgIpc) is 2.48. The number of nitrogens with zero attached hydrogens (tertiary/aromatic N) is 2. The molecule has 0 N–H and O–H groups in total. The van der Waals surface area contributed by atoms with Crippen LogP contribution in [0.3, 0.4) is 0 Å². The molecular formula is C15H22N2OS. The molecule has 104 valence electrons. The molecule has 2 amide bonds. The number of piperidine rings is 1. The lowest BCUT2D eigenvalue weighted by molar-refractivity contribution is 0.151. The van der Waals surface area contributed by atoms with E-state index in [0.29, 0.717) is 6.54 Å². The molecule has 3 nitrogen and oxygen atoms in total. The molecule has 1 heterocycles. The standard InChI is InChI=1S/C15H22N2OS/c1-16(15(18)17-10-4-3-5-11-17)12-13-6-8-14(19-2)9-7-13/h6-9H,3-5,10-12H2,1-2H3. The number of hydrogen-bond donors (Lipinski definition) is 0. The Labute approximate surface area is 120 Å². The highest BCUT2D eigenvalue weighted by atomic mass is 32.2. The van der Waals surface area contributed by atoms with Crippen molar-refractivity contribution < 1.29 is 4.79 Å². The van der Waals surface area contributed by atoms with Crippen molar-refractivity contribution in [2.75, 3.05) is 26.4 Å². The van der Waals surface area contributed by atoms with Crippen molar-refractivity contribution in [1.82, 2.24) is 9.80 Å². The number of carbonyl (C=O) groups excluding carboxylic acids is 1. The lowest BCUT2D eigenvalue weighted by atomic mass is 10.1. The number of amides is 2. The molecule has 0 spiro atoms. The number of carbonyl (C=O) groups is 1. The minimum absolute atomic E-state index is 0.161. The Morgan fingerprint density at radius 2 is 1.84 bits per heavy atom. The molecule has 2 rings (SSSR count). The first-order valence-electron chi connectivity index (χ1n) is 6.83. The van der Waals surface area contributed by atoms with Gasteiger partial charge >= 0.3 is 6.03 Å². The van der Waals surface area contributed by atoms with Gasteiger partial charge in [0, 0.05) is 31.6 Å². The maximum atomic E-state index is 12.3. The Morgan fingerprint density at radius 3 is 2.42 bits per heavy atom. The van der Waals surface area contributed by atoms with Crippen molar-refractivity contribution in [3.63, 3.8) is 0 Å². The topological polar surface area (TPSA) is 23.6 Å². The minimum Gasteiger partial charge on any atom is -0.325 e. The molecule has 1 aromatic carbocycles. The van der Waals surface area contributed by atoms with Crippen LogP contribution in [0.15, 0.2) is 29.2 Å². The maximum absolute atomic E-state index is 12.3. The Kier molecular flexibility index (Phi) is 5.14. The summed E-state index contributed by atoms with van der Waals surface area (Å²) in [7, 11) is 1.89. The van der Waals surface area contributed by atoms with Crippen LogP contribution in [0.25, 0.3) is 0 Å². The fraction of sp³-hybridized carbons (Fsp3) is 0.533. The lowest BCUT2D eigenvalue weighted by Gasteiger charge is -2.31. The second-order valence-corrected chi connectivity index (χ2v) is 5.91. The molecule has 0 atom stereocenters. The van der Waals surface area contributed by atoms with Crippen molar-refractivity contribution in [2.45, 2.75) is 30.7 Å². The predicted molar refractivity (Wildman–Crippen MR) is 80.5 cm³/mol. The first kappa shape index (κ1) is 14.3. The van der Waals surface area contributed by atoms with Gasteiger partial charge in [-0.2, -0.15) is 0 Å². The van der Waals surface area contributed by atoms with Gasteiger partial charge in [-0.05, 0) is 43.2 Å². The van der Waals surface area contributed by atoms with E-state index in [9.17, 15) is 4.79 Å². The van der Waals surface area contributed by atoms with Crippen molar-refractivity contribution in [2.24, 2.45) is 0 Å². The number of rotatable bonds is 3. The van der Waals surface area contributed by atoms with Crippen LogP contribution in [-0.2, 0) is 6.54 Å². The smallest absolute Gasteiger partial charge is 0.320 e. The van der Waals surface area contributed by atoms with Crippen molar-refractivity contribution >= 4 is 17.8 Å². The average molecular weight is 278 g/mol. The van der Waals surface area contributed by atoms with Gasteiger partial charge in [-0.15, -0.1) is 11.8 Å². The Hall–Kier alpha value is -1.16. The summed E-state index contributed by atoms with van der Waals surface area (Å²) in [5.41, 5.74) is 1.19. The summed E-state index contributed by atoms with van der Waals surface area (Å²) in [6.07, 6.45) is 5.61. The Balaban J connectivity index is 1.91. The monoisotopic (exact) mass is 278 g/mol. The van der Waals surface area contributed by atoms with Gasteiger partial charge in [-0.1, -0.05) is 12.1 Å². The van der Waals surface area contributed by atoms with Gasteiger partial charge in [-0.25, -0.2) is 4.79 Å². The molecule has 4 heteroatoms. The molecule has 0 aliphatic carbocycles. The molecule has 0 aromatic heterocycles. The third-order valence-electron chi connectivity index (χ3n) is 3.53. The number of likely N-dealkylation sites (tertiary alicyclic amines) is 1. The summed E-state index contributed by atoms with van der Waals surface area (Å²) < 4.78 is 0. The fourth-order valence-electron chi connectivity index (χ4n) is 2.40. The maximum Gasteiger partial charge on any atom is 0.320 e. The van der Waals surface area contributed by atoms with E-state index in [1.54, 1.807) is 11.8 Å². The van der Waals surface area contributed by atoms with E-state index in [1.807, 2.05) is 16.8 Å². The number of urea groups is 1. The molecule has 0 unspecified atom stereocenters. The molecule has 1 aromatic rings. The highest BCUT2D eigenvalue weighted by Gasteiger charge is 2.19. The third-order valence-corrected chi connectivity index (χ3v) is 4.28. The van der Waals surface area contributed by atoms with E-state index in [0.717, 1.165) is 25.9 Å². The second kappa shape index (κ2) is 6.85. The summed E-state index contributed by atoms with van der Waals surface area (Å²) in [6.45, 7) is 2.51. The van der Waals surface area contributed by atoms with Crippen LogP contribution < -0.4 is 0 Å². The quantitative estimate of drug-likeness (QED) is 0.791. The summed E-state index contributed by atoms with van der Waals surface area (Å²) in [5, 5.41) is 0. The molecule has 0 bridgehead atoms. The van der Waals surface area contributed by atoms with Crippen LogP contribution >= 0.6 is 11.8 Å². The highest BCUT2D eigenvalue weighted by molar-refractivity contribution is 7.98. The zero-order valence-corrected chi connectivity index (χ0v) is 12.6. The van der Waals surface area contributed by atoms with Gasteiger partial charge in [0.15, 0.2) is 0 Å². The van der Waals surface area contributed by atoms with E-state index in [4.69, 9.17) is 0 Å². The molecule has 19 heavy (non-hydrogen) atoms. The van der Waals surface area contributed by atoms with E-state index in [2.05, 4.69) is 30.5 Å². The molecular weight excluding hydrogens is 256 g/mol. The zero-order valence-electron chi connectivity index (χ0n) is 11.8. The van der Waals surface area contributed by atoms with Crippen LogP contribution in [0.1, 0.15) is 24.8 Å². The highest BCUT2D eigenvalue weighted by Crippen LogP contribution is 2.16. The molecule has 0 saturated carbocycles. The van der Waals surface area contributed by atoms with Crippen molar-refractivity contribution in [3.05, 3.63) is 29.8 Å². The van der Waals surface area contributed by atoms with Crippen LogP contribution in [-0.4, -0.2) is 42.2 Å². The molecule has 1 saturated heterocycles. The first-order valence-corrected chi connectivity index (χ1v) is 8.06. The Bertz CT molecular complexity index is 413. The van der Waals surface area contributed by atoms with Crippen LogP contribution in [0.2, 0.25) is 0 Å². The van der Waals surface area contributed by atoms with Crippen LogP contribution in [0, 0.1) is 0 Å². The second-order valence-electron chi connectivity index (χ2n) is 5.03. The molecule has 1 aliphatic rings. The molecule has 1 fully saturated rings. The summed E-state index contributed by atoms with van der Waals surface area (Å²) >= 11 is 1.74. The largest absolute Gasteiger partial charge is 0.325 e. The van der Waals surface area contributed by atoms with Gasteiger partial charge in [0.1, 0.15) is 0 Å². The van der Waals surface area contributed by atoms with Gasteiger partial charge in [-0.3, -0.25) is 0 Å². The van der Waals surface area contributed by atoms with Gasteiger partial charge < -0.3 is 9.80 Å².